The molecule has 3 aliphatic carbocycles. The first-order chi connectivity index (χ1) is 8.81. The highest BCUT2D eigenvalue weighted by atomic mass is 19.1. The average Bonchev–Trinajstić information content (AvgIpc) is 2.81. The van der Waals surface area contributed by atoms with Crippen LogP contribution in [-0.4, -0.2) is 0 Å². The summed E-state index contributed by atoms with van der Waals surface area (Å²) in [6.07, 6.45) is 4.19. The summed E-state index contributed by atoms with van der Waals surface area (Å²) >= 11 is 0. The smallest absolute Gasteiger partial charge is 0.128 e. The third-order valence-corrected chi connectivity index (χ3v) is 5.60. The van der Waals surface area contributed by atoms with Gasteiger partial charge in [0.25, 0.3) is 0 Å². The van der Waals surface area contributed by atoms with Gasteiger partial charge in [0.1, 0.15) is 5.82 Å². The second-order valence-corrected chi connectivity index (χ2v) is 6.23. The molecule has 0 aliphatic heterocycles. The second-order valence-electron chi connectivity index (χ2n) is 6.23. The Morgan fingerprint density at radius 1 is 1.17 bits per heavy atom. The molecule has 3 aliphatic rings. The van der Waals surface area contributed by atoms with Crippen LogP contribution in [0.4, 0.5) is 4.39 Å². The maximum atomic E-state index is 13.9. The molecule has 2 nitrogen and oxygen atoms in total. The zero-order chi connectivity index (χ0) is 12.3. The van der Waals surface area contributed by atoms with E-state index in [-0.39, 0.29) is 11.9 Å². The molecule has 0 radical (unpaired) electrons. The number of hydrogen-bond donors (Lipinski definition) is 2. The van der Waals surface area contributed by atoms with Gasteiger partial charge in [0, 0.05) is 5.56 Å². The highest BCUT2D eigenvalue weighted by Gasteiger charge is 2.66. The van der Waals surface area contributed by atoms with Crippen LogP contribution in [0.25, 0.3) is 0 Å². The van der Waals surface area contributed by atoms with Gasteiger partial charge in [0.05, 0.1) is 6.04 Å². The predicted octanol–water partition coefficient (Wildman–Crippen LogP) is 2.62. The Balaban J connectivity index is 1.63. The first kappa shape index (κ1) is 10.9. The molecule has 3 fully saturated rings. The molecular weight excluding hydrogens is 227 g/mol. The van der Waals surface area contributed by atoms with Crippen LogP contribution in [-0.2, 0) is 0 Å². The number of hydrazine groups is 1. The first-order valence-corrected chi connectivity index (χ1v) is 7.02. The van der Waals surface area contributed by atoms with Gasteiger partial charge in [0.15, 0.2) is 0 Å². The van der Waals surface area contributed by atoms with Gasteiger partial charge in [-0.2, -0.15) is 0 Å². The van der Waals surface area contributed by atoms with Crippen LogP contribution >= 0.6 is 0 Å². The molecule has 1 aromatic rings. The van der Waals surface area contributed by atoms with Crippen molar-refractivity contribution in [1.82, 2.24) is 5.43 Å². The molecule has 18 heavy (non-hydrogen) atoms. The van der Waals surface area contributed by atoms with E-state index < -0.39 is 0 Å². The summed E-state index contributed by atoms with van der Waals surface area (Å²) in [5.74, 6) is 9.56. The van der Waals surface area contributed by atoms with Crippen molar-refractivity contribution in [3.8, 4) is 0 Å². The summed E-state index contributed by atoms with van der Waals surface area (Å²) in [5, 5.41) is 0. The van der Waals surface area contributed by atoms with Gasteiger partial charge in [-0.05, 0) is 54.9 Å². The molecule has 1 aromatic carbocycles. The molecule has 3 saturated carbocycles. The predicted molar refractivity (Wildman–Crippen MR) is 67.8 cm³/mol. The van der Waals surface area contributed by atoms with Crippen LogP contribution in [0.5, 0.6) is 0 Å². The average molecular weight is 246 g/mol. The maximum Gasteiger partial charge on any atom is 0.128 e. The summed E-state index contributed by atoms with van der Waals surface area (Å²) in [5.41, 5.74) is 3.63. The number of hydrogen-bond acceptors (Lipinski definition) is 2. The SMILES string of the molecule is NNC(c1ccccc1F)C1C2C3CCC(C3)C21. The molecule has 0 amide bonds. The molecule has 4 rings (SSSR count). The highest BCUT2D eigenvalue weighted by Crippen LogP contribution is 2.72. The van der Waals surface area contributed by atoms with Gasteiger partial charge < -0.3 is 0 Å². The Labute approximate surface area is 107 Å². The fourth-order valence-corrected chi connectivity index (χ4v) is 4.97. The van der Waals surface area contributed by atoms with Crippen molar-refractivity contribution in [2.45, 2.75) is 25.3 Å². The van der Waals surface area contributed by atoms with E-state index >= 15 is 0 Å². The Kier molecular flexibility index (Phi) is 2.30. The number of benzene rings is 1. The van der Waals surface area contributed by atoms with Crippen molar-refractivity contribution in [1.29, 1.82) is 0 Å². The quantitative estimate of drug-likeness (QED) is 0.635. The van der Waals surface area contributed by atoms with Gasteiger partial charge in [0.2, 0.25) is 0 Å². The molecule has 0 heterocycles. The van der Waals surface area contributed by atoms with Crippen molar-refractivity contribution in [2.24, 2.45) is 35.4 Å². The maximum absolute atomic E-state index is 13.9. The van der Waals surface area contributed by atoms with Crippen LogP contribution in [0.15, 0.2) is 24.3 Å². The lowest BCUT2D eigenvalue weighted by atomic mass is 9.93. The zero-order valence-electron chi connectivity index (χ0n) is 10.4. The third kappa shape index (κ3) is 1.35. The van der Waals surface area contributed by atoms with Crippen molar-refractivity contribution in [2.75, 3.05) is 0 Å². The Morgan fingerprint density at radius 3 is 2.44 bits per heavy atom. The minimum absolute atomic E-state index is 0.00426. The number of halogens is 1. The standard InChI is InChI=1S/C15H19FN2/c16-11-4-2-1-3-10(11)15(18-17)14-12-8-5-6-9(7-8)13(12)14/h1-4,8-9,12-15,18H,5-7,17H2. The monoisotopic (exact) mass is 246 g/mol. The van der Waals surface area contributed by atoms with E-state index in [9.17, 15) is 4.39 Å². The highest BCUT2D eigenvalue weighted by molar-refractivity contribution is 5.27. The van der Waals surface area contributed by atoms with Crippen LogP contribution in [0, 0.1) is 35.4 Å². The second kappa shape index (κ2) is 3.78. The van der Waals surface area contributed by atoms with Crippen molar-refractivity contribution in [3.05, 3.63) is 35.6 Å². The number of nitrogens with one attached hydrogen (secondary N) is 1. The van der Waals surface area contributed by atoms with E-state index in [1.165, 1.54) is 25.3 Å². The van der Waals surface area contributed by atoms with Crippen molar-refractivity contribution >= 4 is 0 Å². The minimum Gasteiger partial charge on any atom is -0.271 e. The normalized spacial score (nSPS) is 41.8. The molecule has 0 saturated heterocycles. The summed E-state index contributed by atoms with van der Waals surface area (Å²) in [6.45, 7) is 0. The molecule has 3 N–H and O–H groups in total. The van der Waals surface area contributed by atoms with Crippen LogP contribution in [0.3, 0.4) is 0 Å². The van der Waals surface area contributed by atoms with Gasteiger partial charge in [-0.15, -0.1) is 0 Å². The van der Waals surface area contributed by atoms with E-state index in [1.54, 1.807) is 6.07 Å². The van der Waals surface area contributed by atoms with Crippen LogP contribution < -0.4 is 11.3 Å². The van der Waals surface area contributed by atoms with Gasteiger partial charge in [-0.3, -0.25) is 11.3 Å². The van der Waals surface area contributed by atoms with E-state index in [4.69, 9.17) is 5.84 Å². The van der Waals surface area contributed by atoms with E-state index in [0.29, 0.717) is 5.92 Å². The third-order valence-electron chi connectivity index (χ3n) is 5.60. The van der Waals surface area contributed by atoms with Crippen molar-refractivity contribution < 1.29 is 4.39 Å². The van der Waals surface area contributed by atoms with E-state index in [1.807, 2.05) is 12.1 Å². The molecule has 0 spiro atoms. The molecule has 2 bridgehead atoms. The van der Waals surface area contributed by atoms with E-state index in [0.717, 1.165) is 29.2 Å². The fraction of sp³-hybridized carbons (Fsp3) is 0.600. The lowest BCUT2D eigenvalue weighted by molar-refractivity contribution is 0.365. The Bertz CT molecular complexity index is 459. The fourth-order valence-electron chi connectivity index (χ4n) is 4.97. The molecule has 96 valence electrons. The largest absolute Gasteiger partial charge is 0.271 e. The van der Waals surface area contributed by atoms with Gasteiger partial charge in [-0.1, -0.05) is 18.2 Å². The molecule has 3 heteroatoms. The molecular formula is C15H19FN2. The lowest BCUT2D eigenvalue weighted by Crippen LogP contribution is -2.32. The van der Waals surface area contributed by atoms with Crippen LogP contribution in [0.2, 0.25) is 0 Å². The minimum atomic E-state index is -0.127. The lowest BCUT2D eigenvalue weighted by Gasteiger charge is -2.20. The summed E-state index contributed by atoms with van der Waals surface area (Å²) < 4.78 is 13.9. The van der Waals surface area contributed by atoms with Gasteiger partial charge >= 0.3 is 0 Å². The molecule has 5 atom stereocenters. The number of rotatable bonds is 3. The molecule has 5 unspecified atom stereocenters. The Hall–Kier alpha value is -0.930. The van der Waals surface area contributed by atoms with Gasteiger partial charge in [-0.25, -0.2) is 4.39 Å². The number of fused-ring (bicyclic) bond motifs is 5. The summed E-state index contributed by atoms with van der Waals surface area (Å²) in [7, 11) is 0. The summed E-state index contributed by atoms with van der Waals surface area (Å²) in [4.78, 5) is 0. The zero-order valence-corrected chi connectivity index (χ0v) is 10.4. The van der Waals surface area contributed by atoms with E-state index in [2.05, 4.69) is 5.43 Å². The number of nitrogens with two attached hydrogens (primary N) is 1. The van der Waals surface area contributed by atoms with Crippen LogP contribution in [0.1, 0.15) is 30.9 Å². The van der Waals surface area contributed by atoms with Crippen molar-refractivity contribution in [3.63, 3.8) is 0 Å². The Morgan fingerprint density at radius 2 is 1.83 bits per heavy atom. The topological polar surface area (TPSA) is 38.0 Å². The first-order valence-electron chi connectivity index (χ1n) is 7.02. The summed E-state index contributed by atoms with van der Waals surface area (Å²) in [6, 6.07) is 7.05. The molecule has 0 aromatic heterocycles.